The SMILES string of the molecule is O=C(NC1CC1c1ccccc1)c1c(O)cccc1O. The molecule has 20 heavy (non-hydrogen) atoms. The molecule has 1 aliphatic rings. The summed E-state index contributed by atoms with van der Waals surface area (Å²) in [4.78, 5) is 12.1. The minimum atomic E-state index is -0.441. The van der Waals surface area contributed by atoms with Gasteiger partial charge in [-0.15, -0.1) is 0 Å². The van der Waals surface area contributed by atoms with Crippen LogP contribution in [0, 0.1) is 0 Å². The zero-order valence-electron chi connectivity index (χ0n) is 10.8. The van der Waals surface area contributed by atoms with Crippen LogP contribution in [0.3, 0.4) is 0 Å². The molecule has 1 aliphatic carbocycles. The van der Waals surface area contributed by atoms with Gasteiger partial charge in [0.15, 0.2) is 0 Å². The molecule has 0 saturated heterocycles. The van der Waals surface area contributed by atoms with Crippen LogP contribution in [0.1, 0.15) is 28.3 Å². The summed E-state index contributed by atoms with van der Waals surface area (Å²) >= 11 is 0. The maximum absolute atomic E-state index is 12.1. The molecule has 1 saturated carbocycles. The first-order valence-corrected chi connectivity index (χ1v) is 6.53. The molecule has 3 N–H and O–H groups in total. The van der Waals surface area contributed by atoms with Crippen LogP contribution >= 0.6 is 0 Å². The van der Waals surface area contributed by atoms with E-state index in [4.69, 9.17) is 0 Å². The molecular formula is C16H15NO3. The number of rotatable bonds is 3. The second-order valence-electron chi connectivity index (χ2n) is 5.00. The van der Waals surface area contributed by atoms with E-state index in [0.717, 1.165) is 6.42 Å². The van der Waals surface area contributed by atoms with E-state index >= 15 is 0 Å². The van der Waals surface area contributed by atoms with E-state index in [2.05, 4.69) is 5.32 Å². The van der Waals surface area contributed by atoms with Gasteiger partial charge in [-0.25, -0.2) is 0 Å². The van der Waals surface area contributed by atoms with Crippen LogP contribution in [0.25, 0.3) is 0 Å². The molecule has 4 heteroatoms. The molecule has 2 unspecified atom stereocenters. The standard InChI is InChI=1S/C16H15NO3/c18-13-7-4-8-14(19)15(13)16(20)17-12-9-11(12)10-5-2-1-3-6-10/h1-8,11-12,18-19H,9H2,(H,17,20). The maximum atomic E-state index is 12.1. The topological polar surface area (TPSA) is 69.6 Å². The highest BCUT2D eigenvalue weighted by Gasteiger charge is 2.40. The average molecular weight is 269 g/mol. The monoisotopic (exact) mass is 269 g/mol. The first-order chi connectivity index (χ1) is 9.66. The Morgan fingerprint density at radius 2 is 1.65 bits per heavy atom. The molecule has 2 aromatic carbocycles. The molecule has 102 valence electrons. The second-order valence-corrected chi connectivity index (χ2v) is 5.00. The molecule has 1 fully saturated rings. The summed E-state index contributed by atoms with van der Waals surface area (Å²) in [7, 11) is 0. The lowest BCUT2D eigenvalue weighted by Crippen LogP contribution is -2.26. The number of nitrogens with one attached hydrogen (secondary N) is 1. The van der Waals surface area contributed by atoms with Crippen molar-refractivity contribution in [2.45, 2.75) is 18.4 Å². The molecule has 0 heterocycles. The van der Waals surface area contributed by atoms with Crippen molar-refractivity contribution in [2.24, 2.45) is 0 Å². The van der Waals surface area contributed by atoms with Crippen molar-refractivity contribution in [2.75, 3.05) is 0 Å². The van der Waals surface area contributed by atoms with Crippen molar-refractivity contribution in [3.63, 3.8) is 0 Å². The molecule has 0 aromatic heterocycles. The van der Waals surface area contributed by atoms with Gasteiger partial charge >= 0.3 is 0 Å². The van der Waals surface area contributed by atoms with E-state index in [1.165, 1.54) is 23.8 Å². The van der Waals surface area contributed by atoms with E-state index < -0.39 is 5.91 Å². The zero-order valence-corrected chi connectivity index (χ0v) is 10.8. The smallest absolute Gasteiger partial charge is 0.259 e. The molecule has 0 radical (unpaired) electrons. The lowest BCUT2D eigenvalue weighted by molar-refractivity contribution is 0.0945. The Hall–Kier alpha value is -2.49. The fraction of sp³-hybridized carbons (Fsp3) is 0.188. The number of carbonyl (C=O) groups is 1. The Morgan fingerprint density at radius 1 is 1.00 bits per heavy atom. The highest BCUT2D eigenvalue weighted by Crippen LogP contribution is 2.41. The minimum Gasteiger partial charge on any atom is -0.507 e. The van der Waals surface area contributed by atoms with Crippen molar-refractivity contribution >= 4 is 5.91 Å². The van der Waals surface area contributed by atoms with E-state index in [9.17, 15) is 15.0 Å². The van der Waals surface area contributed by atoms with Gasteiger partial charge in [0.05, 0.1) is 0 Å². The number of amides is 1. The van der Waals surface area contributed by atoms with E-state index in [1.807, 2.05) is 30.3 Å². The van der Waals surface area contributed by atoms with Crippen LogP contribution in [0.5, 0.6) is 11.5 Å². The third-order valence-electron chi connectivity index (χ3n) is 3.58. The molecule has 4 nitrogen and oxygen atoms in total. The largest absolute Gasteiger partial charge is 0.507 e. The fourth-order valence-corrected chi connectivity index (χ4v) is 2.42. The lowest BCUT2D eigenvalue weighted by Gasteiger charge is -2.08. The van der Waals surface area contributed by atoms with Gasteiger partial charge in [0.2, 0.25) is 0 Å². The summed E-state index contributed by atoms with van der Waals surface area (Å²) < 4.78 is 0. The predicted octanol–water partition coefficient (Wildman–Crippen LogP) is 2.38. The Morgan fingerprint density at radius 3 is 2.30 bits per heavy atom. The van der Waals surface area contributed by atoms with Crippen molar-refractivity contribution < 1.29 is 15.0 Å². The van der Waals surface area contributed by atoms with Gasteiger partial charge in [-0.05, 0) is 24.1 Å². The molecule has 2 atom stereocenters. The summed E-state index contributed by atoms with van der Waals surface area (Å²) in [6.45, 7) is 0. The average Bonchev–Trinajstić information content (AvgIpc) is 3.19. The summed E-state index contributed by atoms with van der Waals surface area (Å²) in [5, 5.41) is 22.2. The number of hydrogen-bond acceptors (Lipinski definition) is 3. The number of benzene rings is 2. The zero-order chi connectivity index (χ0) is 14.1. The Balaban J connectivity index is 1.70. The van der Waals surface area contributed by atoms with Gasteiger partial charge in [-0.3, -0.25) is 4.79 Å². The molecular weight excluding hydrogens is 254 g/mol. The second kappa shape index (κ2) is 4.89. The van der Waals surface area contributed by atoms with Crippen molar-refractivity contribution in [3.8, 4) is 11.5 Å². The van der Waals surface area contributed by atoms with Gasteiger partial charge in [-0.2, -0.15) is 0 Å². The molecule has 2 aromatic rings. The van der Waals surface area contributed by atoms with Gasteiger partial charge < -0.3 is 15.5 Å². The van der Waals surface area contributed by atoms with E-state index in [-0.39, 0.29) is 23.1 Å². The maximum Gasteiger partial charge on any atom is 0.259 e. The molecule has 0 bridgehead atoms. The summed E-state index contributed by atoms with van der Waals surface area (Å²) in [5.41, 5.74) is 1.13. The van der Waals surface area contributed by atoms with Crippen LogP contribution in [0.2, 0.25) is 0 Å². The van der Waals surface area contributed by atoms with Crippen LogP contribution in [0.4, 0.5) is 0 Å². The van der Waals surface area contributed by atoms with Crippen molar-refractivity contribution in [1.82, 2.24) is 5.32 Å². The summed E-state index contributed by atoms with van der Waals surface area (Å²) in [6.07, 6.45) is 0.879. The highest BCUT2D eigenvalue weighted by molar-refractivity contribution is 5.99. The summed E-state index contributed by atoms with van der Waals surface area (Å²) in [6, 6.07) is 14.3. The first kappa shape index (κ1) is 12.5. The van der Waals surface area contributed by atoms with Crippen LogP contribution in [-0.4, -0.2) is 22.2 Å². The minimum absolute atomic E-state index is 0.0592. The van der Waals surface area contributed by atoms with E-state index in [0.29, 0.717) is 5.92 Å². The van der Waals surface area contributed by atoms with Crippen LogP contribution < -0.4 is 5.32 Å². The lowest BCUT2D eigenvalue weighted by atomic mass is 10.1. The Kier molecular flexibility index (Phi) is 3.06. The molecule has 0 spiro atoms. The fourth-order valence-electron chi connectivity index (χ4n) is 2.42. The quantitative estimate of drug-likeness (QED) is 0.801. The predicted molar refractivity (Wildman–Crippen MR) is 74.8 cm³/mol. The van der Waals surface area contributed by atoms with Gasteiger partial charge in [-0.1, -0.05) is 36.4 Å². The van der Waals surface area contributed by atoms with E-state index in [1.54, 1.807) is 0 Å². The summed E-state index contributed by atoms with van der Waals surface area (Å²) in [5.74, 6) is -0.545. The Labute approximate surface area is 116 Å². The number of hydrogen-bond donors (Lipinski definition) is 3. The van der Waals surface area contributed by atoms with Crippen LogP contribution in [-0.2, 0) is 0 Å². The van der Waals surface area contributed by atoms with Gasteiger partial charge in [0.1, 0.15) is 17.1 Å². The van der Waals surface area contributed by atoms with Crippen molar-refractivity contribution in [1.29, 1.82) is 0 Å². The molecule has 1 amide bonds. The Bertz CT molecular complexity index is 619. The first-order valence-electron chi connectivity index (χ1n) is 6.53. The molecule has 0 aliphatic heterocycles. The number of phenols is 2. The van der Waals surface area contributed by atoms with Gasteiger partial charge in [0, 0.05) is 12.0 Å². The third-order valence-corrected chi connectivity index (χ3v) is 3.58. The number of carbonyl (C=O) groups excluding carboxylic acids is 1. The molecule has 3 rings (SSSR count). The van der Waals surface area contributed by atoms with Crippen molar-refractivity contribution in [3.05, 3.63) is 59.7 Å². The number of aromatic hydroxyl groups is 2. The third kappa shape index (κ3) is 2.32. The van der Waals surface area contributed by atoms with Gasteiger partial charge in [0.25, 0.3) is 5.91 Å². The normalized spacial score (nSPS) is 20.4. The number of phenolic OH excluding ortho intramolecular Hbond substituents is 2. The van der Waals surface area contributed by atoms with Crippen LogP contribution in [0.15, 0.2) is 48.5 Å². The highest BCUT2D eigenvalue weighted by atomic mass is 16.3.